The maximum Gasteiger partial charge on any atom is 0.241 e. The SMILES string of the molecule is CC(C)CCc1ccc(S(=O)(=O)NC(C)(C)CN)cc1. The highest BCUT2D eigenvalue weighted by Crippen LogP contribution is 2.15. The Labute approximate surface area is 122 Å². The first-order valence-electron chi connectivity index (χ1n) is 6.99. The Morgan fingerprint density at radius 3 is 2.20 bits per heavy atom. The van der Waals surface area contributed by atoms with Crippen molar-refractivity contribution in [2.24, 2.45) is 11.7 Å². The summed E-state index contributed by atoms with van der Waals surface area (Å²) < 4.78 is 27.1. The van der Waals surface area contributed by atoms with E-state index in [4.69, 9.17) is 5.73 Å². The minimum absolute atomic E-state index is 0.249. The van der Waals surface area contributed by atoms with Crippen LogP contribution in [-0.2, 0) is 16.4 Å². The molecule has 0 fully saturated rings. The number of nitrogens with one attached hydrogen (secondary N) is 1. The molecule has 114 valence electrons. The van der Waals surface area contributed by atoms with Crippen molar-refractivity contribution in [1.82, 2.24) is 4.72 Å². The van der Waals surface area contributed by atoms with E-state index in [2.05, 4.69) is 18.6 Å². The molecule has 3 N–H and O–H groups in total. The second-order valence-corrected chi connectivity index (χ2v) is 7.95. The number of benzene rings is 1. The van der Waals surface area contributed by atoms with Gasteiger partial charge in [0.15, 0.2) is 0 Å². The van der Waals surface area contributed by atoms with Gasteiger partial charge in [-0.25, -0.2) is 13.1 Å². The van der Waals surface area contributed by atoms with Crippen LogP contribution in [-0.4, -0.2) is 20.5 Å². The molecule has 0 heterocycles. The van der Waals surface area contributed by atoms with E-state index >= 15 is 0 Å². The molecular weight excluding hydrogens is 272 g/mol. The van der Waals surface area contributed by atoms with Gasteiger partial charge in [-0.1, -0.05) is 26.0 Å². The van der Waals surface area contributed by atoms with Crippen LogP contribution >= 0.6 is 0 Å². The molecule has 0 radical (unpaired) electrons. The molecule has 0 bridgehead atoms. The van der Waals surface area contributed by atoms with Gasteiger partial charge in [-0.2, -0.15) is 0 Å². The highest BCUT2D eigenvalue weighted by molar-refractivity contribution is 7.89. The normalized spacial score (nSPS) is 12.9. The van der Waals surface area contributed by atoms with Crippen molar-refractivity contribution < 1.29 is 8.42 Å². The zero-order valence-corrected chi connectivity index (χ0v) is 13.6. The van der Waals surface area contributed by atoms with Gasteiger partial charge in [0.1, 0.15) is 0 Å². The molecule has 0 saturated heterocycles. The van der Waals surface area contributed by atoms with Gasteiger partial charge in [0.05, 0.1) is 4.90 Å². The lowest BCUT2D eigenvalue weighted by molar-refractivity contribution is 0.462. The topological polar surface area (TPSA) is 72.2 Å². The maximum absolute atomic E-state index is 12.2. The predicted molar refractivity (Wildman–Crippen MR) is 83.1 cm³/mol. The lowest BCUT2D eigenvalue weighted by Crippen LogP contribution is -2.48. The summed E-state index contributed by atoms with van der Waals surface area (Å²) in [6, 6.07) is 7.08. The van der Waals surface area contributed by atoms with Crippen LogP contribution in [0.1, 0.15) is 39.7 Å². The van der Waals surface area contributed by atoms with Gasteiger partial charge in [-0.15, -0.1) is 0 Å². The van der Waals surface area contributed by atoms with Gasteiger partial charge in [0, 0.05) is 12.1 Å². The van der Waals surface area contributed by atoms with Crippen molar-refractivity contribution in [3.05, 3.63) is 29.8 Å². The van der Waals surface area contributed by atoms with Gasteiger partial charge in [0.25, 0.3) is 0 Å². The molecule has 1 aromatic rings. The standard InChI is InChI=1S/C15H26N2O2S/c1-12(2)5-6-13-7-9-14(10-8-13)20(18,19)17-15(3,4)11-16/h7-10,12,17H,5-6,11,16H2,1-4H3. The summed E-state index contributed by atoms with van der Waals surface area (Å²) in [6.07, 6.45) is 2.07. The fraction of sp³-hybridized carbons (Fsp3) is 0.600. The summed E-state index contributed by atoms with van der Waals surface area (Å²) in [6.45, 7) is 8.14. The summed E-state index contributed by atoms with van der Waals surface area (Å²) in [7, 11) is -3.51. The summed E-state index contributed by atoms with van der Waals surface area (Å²) in [5.74, 6) is 0.644. The molecule has 20 heavy (non-hydrogen) atoms. The minimum Gasteiger partial charge on any atom is -0.329 e. The van der Waals surface area contributed by atoms with Crippen LogP contribution in [0.3, 0.4) is 0 Å². The van der Waals surface area contributed by atoms with Crippen LogP contribution in [0.25, 0.3) is 0 Å². The first-order chi connectivity index (χ1) is 9.16. The van der Waals surface area contributed by atoms with E-state index < -0.39 is 15.6 Å². The number of hydrogen-bond donors (Lipinski definition) is 2. The first-order valence-corrected chi connectivity index (χ1v) is 8.47. The van der Waals surface area contributed by atoms with Crippen molar-refractivity contribution in [3.8, 4) is 0 Å². The Morgan fingerprint density at radius 2 is 1.75 bits per heavy atom. The number of sulfonamides is 1. The maximum atomic E-state index is 12.2. The molecule has 0 unspecified atom stereocenters. The molecule has 0 amide bonds. The quantitative estimate of drug-likeness (QED) is 0.811. The Bertz CT molecular complexity index is 519. The highest BCUT2D eigenvalue weighted by atomic mass is 32.2. The van der Waals surface area contributed by atoms with E-state index in [1.54, 1.807) is 26.0 Å². The molecule has 0 saturated carbocycles. The van der Waals surface area contributed by atoms with Crippen molar-refractivity contribution in [3.63, 3.8) is 0 Å². The smallest absolute Gasteiger partial charge is 0.241 e. The van der Waals surface area contributed by atoms with Crippen LogP contribution < -0.4 is 10.5 Å². The number of nitrogens with two attached hydrogens (primary N) is 1. The molecule has 0 atom stereocenters. The second kappa shape index (κ2) is 6.70. The molecule has 5 heteroatoms. The summed E-state index contributed by atoms with van der Waals surface area (Å²) in [5.41, 5.74) is 6.08. The van der Waals surface area contributed by atoms with E-state index in [1.807, 2.05) is 12.1 Å². The largest absolute Gasteiger partial charge is 0.329 e. The average molecular weight is 298 g/mol. The van der Waals surface area contributed by atoms with Gasteiger partial charge >= 0.3 is 0 Å². The highest BCUT2D eigenvalue weighted by Gasteiger charge is 2.24. The number of rotatable bonds is 7. The second-order valence-electron chi connectivity index (χ2n) is 6.27. The summed E-state index contributed by atoms with van der Waals surface area (Å²) in [4.78, 5) is 0.285. The van der Waals surface area contributed by atoms with E-state index in [9.17, 15) is 8.42 Å². The van der Waals surface area contributed by atoms with Crippen molar-refractivity contribution in [1.29, 1.82) is 0 Å². The monoisotopic (exact) mass is 298 g/mol. The van der Waals surface area contributed by atoms with Gasteiger partial charge in [0.2, 0.25) is 10.0 Å². The molecular formula is C15H26N2O2S. The van der Waals surface area contributed by atoms with Gasteiger partial charge in [-0.3, -0.25) is 0 Å². The third-order valence-electron chi connectivity index (χ3n) is 3.16. The van der Waals surface area contributed by atoms with E-state index in [0.29, 0.717) is 5.92 Å². The first kappa shape index (κ1) is 17.1. The van der Waals surface area contributed by atoms with Crippen LogP contribution in [0.2, 0.25) is 0 Å². The van der Waals surface area contributed by atoms with E-state index in [-0.39, 0.29) is 11.4 Å². The Kier molecular flexibility index (Phi) is 5.74. The molecule has 1 rings (SSSR count). The summed E-state index contributed by atoms with van der Waals surface area (Å²) >= 11 is 0. The molecule has 0 aliphatic heterocycles. The predicted octanol–water partition coefficient (Wildman–Crippen LogP) is 2.29. The van der Waals surface area contributed by atoms with E-state index in [1.165, 1.54) is 0 Å². The van der Waals surface area contributed by atoms with Crippen molar-refractivity contribution in [2.75, 3.05) is 6.54 Å². The average Bonchev–Trinajstić information content (AvgIpc) is 2.35. The van der Waals surface area contributed by atoms with Crippen LogP contribution in [0.15, 0.2) is 29.2 Å². The molecule has 0 spiro atoms. The molecule has 4 nitrogen and oxygen atoms in total. The van der Waals surface area contributed by atoms with Crippen molar-refractivity contribution >= 4 is 10.0 Å². The minimum atomic E-state index is -3.51. The van der Waals surface area contributed by atoms with Crippen LogP contribution in [0, 0.1) is 5.92 Å². The summed E-state index contributed by atoms with van der Waals surface area (Å²) in [5, 5.41) is 0. The van der Waals surface area contributed by atoms with Gasteiger partial charge < -0.3 is 5.73 Å². The third-order valence-corrected chi connectivity index (χ3v) is 4.88. The lowest BCUT2D eigenvalue weighted by Gasteiger charge is -2.23. The zero-order valence-electron chi connectivity index (χ0n) is 12.8. The number of aryl methyl sites for hydroxylation is 1. The third kappa shape index (κ3) is 5.23. The Morgan fingerprint density at radius 1 is 1.20 bits per heavy atom. The molecule has 0 aliphatic rings. The molecule has 0 aliphatic carbocycles. The van der Waals surface area contributed by atoms with E-state index in [0.717, 1.165) is 18.4 Å². The van der Waals surface area contributed by atoms with Gasteiger partial charge in [-0.05, 0) is 50.3 Å². The lowest BCUT2D eigenvalue weighted by atomic mass is 10.0. The van der Waals surface area contributed by atoms with Crippen LogP contribution in [0.4, 0.5) is 0 Å². The number of hydrogen-bond acceptors (Lipinski definition) is 3. The molecule has 1 aromatic carbocycles. The molecule has 0 aromatic heterocycles. The fourth-order valence-electron chi connectivity index (χ4n) is 1.75. The Balaban J connectivity index is 2.82. The zero-order chi connectivity index (χ0) is 15.4. The Hall–Kier alpha value is -0.910. The van der Waals surface area contributed by atoms with Crippen molar-refractivity contribution in [2.45, 2.75) is 51.0 Å². The van der Waals surface area contributed by atoms with Crippen LogP contribution in [0.5, 0.6) is 0 Å². The fourth-order valence-corrected chi connectivity index (χ4v) is 3.18.